The van der Waals surface area contributed by atoms with Crippen molar-refractivity contribution in [3.63, 3.8) is 0 Å². The fraction of sp³-hybridized carbons (Fsp3) is 0.333. The second kappa shape index (κ2) is 7.61. The zero-order valence-corrected chi connectivity index (χ0v) is 13.8. The van der Waals surface area contributed by atoms with Crippen molar-refractivity contribution in [2.75, 3.05) is 6.54 Å². The summed E-state index contributed by atoms with van der Waals surface area (Å²) in [5.74, 6) is 0. The van der Waals surface area contributed by atoms with Gasteiger partial charge in [0, 0.05) is 10.5 Å². The predicted octanol–water partition coefficient (Wildman–Crippen LogP) is 5.04. The van der Waals surface area contributed by atoms with E-state index in [1.807, 2.05) is 0 Å². The van der Waals surface area contributed by atoms with Gasteiger partial charge in [-0.05, 0) is 49.6 Å². The highest BCUT2D eigenvalue weighted by molar-refractivity contribution is 9.10. The average molecular weight is 332 g/mol. The van der Waals surface area contributed by atoms with E-state index in [-0.39, 0.29) is 0 Å². The smallest absolute Gasteiger partial charge is 0.0360 e. The Balaban J connectivity index is 2.16. The molecule has 1 N–H and O–H groups in total. The highest BCUT2D eigenvalue weighted by Gasteiger charge is 2.11. The molecule has 2 aromatic carbocycles. The highest BCUT2D eigenvalue weighted by atomic mass is 79.9. The van der Waals surface area contributed by atoms with Crippen LogP contribution in [0, 0.1) is 6.92 Å². The van der Waals surface area contributed by atoms with Gasteiger partial charge in [0.1, 0.15) is 0 Å². The van der Waals surface area contributed by atoms with Gasteiger partial charge in [0.15, 0.2) is 0 Å². The lowest BCUT2D eigenvalue weighted by Gasteiger charge is -2.20. The van der Waals surface area contributed by atoms with E-state index in [1.165, 1.54) is 16.7 Å². The first-order valence-corrected chi connectivity index (χ1v) is 8.02. The van der Waals surface area contributed by atoms with Crippen molar-refractivity contribution in [1.82, 2.24) is 5.32 Å². The van der Waals surface area contributed by atoms with E-state index in [0.29, 0.717) is 6.04 Å². The third-order valence-electron chi connectivity index (χ3n) is 3.44. The summed E-state index contributed by atoms with van der Waals surface area (Å²) in [6, 6.07) is 17.8. The van der Waals surface area contributed by atoms with Crippen molar-refractivity contribution in [3.8, 4) is 0 Å². The van der Waals surface area contributed by atoms with Crippen molar-refractivity contribution in [1.29, 1.82) is 0 Å². The van der Waals surface area contributed by atoms with E-state index < -0.39 is 0 Å². The summed E-state index contributed by atoms with van der Waals surface area (Å²) < 4.78 is 1.13. The summed E-state index contributed by atoms with van der Waals surface area (Å²) in [4.78, 5) is 0. The number of hydrogen-bond donors (Lipinski definition) is 1. The molecule has 2 rings (SSSR count). The van der Waals surface area contributed by atoms with Crippen molar-refractivity contribution in [2.45, 2.75) is 32.7 Å². The second-order valence-electron chi connectivity index (χ2n) is 5.25. The molecule has 0 amide bonds. The molecular weight excluding hydrogens is 310 g/mol. The molecule has 0 aromatic heterocycles. The largest absolute Gasteiger partial charge is 0.310 e. The van der Waals surface area contributed by atoms with E-state index in [0.717, 1.165) is 23.9 Å². The zero-order valence-electron chi connectivity index (χ0n) is 12.2. The summed E-state index contributed by atoms with van der Waals surface area (Å²) in [7, 11) is 0. The molecule has 0 radical (unpaired) electrons. The van der Waals surface area contributed by atoms with Crippen molar-refractivity contribution in [3.05, 3.63) is 69.7 Å². The van der Waals surface area contributed by atoms with Gasteiger partial charge in [0.25, 0.3) is 0 Å². The number of rotatable bonds is 6. The van der Waals surface area contributed by atoms with Gasteiger partial charge in [-0.15, -0.1) is 0 Å². The molecule has 106 valence electrons. The van der Waals surface area contributed by atoms with Gasteiger partial charge in [-0.2, -0.15) is 0 Å². The van der Waals surface area contributed by atoms with Crippen LogP contribution >= 0.6 is 15.9 Å². The van der Waals surface area contributed by atoms with Crippen LogP contribution in [0.2, 0.25) is 0 Å². The molecule has 2 heteroatoms. The first-order chi connectivity index (χ1) is 9.69. The molecule has 0 bridgehead atoms. The van der Waals surface area contributed by atoms with Crippen LogP contribution in [0.5, 0.6) is 0 Å². The molecule has 2 aromatic rings. The molecule has 0 saturated heterocycles. The Morgan fingerprint density at radius 3 is 2.50 bits per heavy atom. The van der Waals surface area contributed by atoms with E-state index in [2.05, 4.69) is 83.6 Å². The Hall–Kier alpha value is -1.12. The van der Waals surface area contributed by atoms with Gasteiger partial charge in [-0.25, -0.2) is 0 Å². The molecule has 1 atom stereocenters. The van der Waals surface area contributed by atoms with Gasteiger partial charge in [-0.3, -0.25) is 0 Å². The Kier molecular flexibility index (Phi) is 5.81. The van der Waals surface area contributed by atoms with Crippen molar-refractivity contribution in [2.24, 2.45) is 0 Å². The van der Waals surface area contributed by atoms with Crippen LogP contribution in [0.1, 0.15) is 36.1 Å². The van der Waals surface area contributed by atoms with E-state index in [1.54, 1.807) is 0 Å². The summed E-state index contributed by atoms with van der Waals surface area (Å²) in [6.07, 6.45) is 2.18. The van der Waals surface area contributed by atoms with E-state index in [9.17, 15) is 0 Å². The third kappa shape index (κ3) is 4.46. The highest BCUT2D eigenvalue weighted by Crippen LogP contribution is 2.21. The first-order valence-electron chi connectivity index (χ1n) is 7.23. The molecule has 0 fully saturated rings. The van der Waals surface area contributed by atoms with Crippen LogP contribution in [-0.4, -0.2) is 6.54 Å². The topological polar surface area (TPSA) is 12.0 Å². The minimum absolute atomic E-state index is 0.385. The monoisotopic (exact) mass is 331 g/mol. The molecule has 0 aliphatic carbocycles. The minimum atomic E-state index is 0.385. The molecule has 0 aliphatic heterocycles. The molecule has 0 aliphatic rings. The number of aryl methyl sites for hydroxylation is 1. The summed E-state index contributed by atoms with van der Waals surface area (Å²) >= 11 is 3.49. The quantitative estimate of drug-likeness (QED) is 0.781. The van der Waals surface area contributed by atoms with Crippen molar-refractivity contribution < 1.29 is 0 Å². The van der Waals surface area contributed by atoms with Crippen LogP contribution in [0.25, 0.3) is 0 Å². The molecule has 20 heavy (non-hydrogen) atoms. The maximum Gasteiger partial charge on any atom is 0.0360 e. The SMILES string of the molecule is CCCNC(Cc1ccc(Br)cc1)c1cccc(C)c1. The number of halogens is 1. The fourth-order valence-corrected chi connectivity index (χ4v) is 2.63. The van der Waals surface area contributed by atoms with Crippen LogP contribution in [-0.2, 0) is 6.42 Å². The predicted molar refractivity (Wildman–Crippen MR) is 90.1 cm³/mol. The van der Waals surface area contributed by atoms with Crippen LogP contribution in [0.3, 0.4) is 0 Å². The number of hydrogen-bond acceptors (Lipinski definition) is 1. The first kappa shape index (κ1) is 15.3. The fourth-order valence-electron chi connectivity index (χ4n) is 2.37. The zero-order chi connectivity index (χ0) is 14.4. The summed E-state index contributed by atoms with van der Waals surface area (Å²) in [6.45, 7) is 5.41. The number of benzene rings is 2. The van der Waals surface area contributed by atoms with Crippen LogP contribution in [0.4, 0.5) is 0 Å². The van der Waals surface area contributed by atoms with Gasteiger partial charge in [-0.1, -0.05) is 64.8 Å². The van der Waals surface area contributed by atoms with Crippen LogP contribution < -0.4 is 5.32 Å². The number of nitrogens with one attached hydrogen (secondary N) is 1. The summed E-state index contributed by atoms with van der Waals surface area (Å²) in [5, 5.41) is 3.66. The van der Waals surface area contributed by atoms with Crippen LogP contribution in [0.15, 0.2) is 53.0 Å². The lowest BCUT2D eigenvalue weighted by Crippen LogP contribution is -2.24. The Bertz CT molecular complexity index is 533. The van der Waals surface area contributed by atoms with Gasteiger partial charge in [0.2, 0.25) is 0 Å². The molecule has 0 spiro atoms. The molecule has 0 heterocycles. The molecule has 1 unspecified atom stereocenters. The van der Waals surface area contributed by atoms with E-state index >= 15 is 0 Å². The van der Waals surface area contributed by atoms with Gasteiger partial charge >= 0.3 is 0 Å². The normalized spacial score (nSPS) is 12.3. The Morgan fingerprint density at radius 2 is 1.85 bits per heavy atom. The van der Waals surface area contributed by atoms with Crippen molar-refractivity contribution >= 4 is 15.9 Å². The Morgan fingerprint density at radius 1 is 1.10 bits per heavy atom. The summed E-state index contributed by atoms with van der Waals surface area (Å²) in [5.41, 5.74) is 4.06. The third-order valence-corrected chi connectivity index (χ3v) is 3.97. The average Bonchev–Trinajstić information content (AvgIpc) is 2.45. The lowest BCUT2D eigenvalue weighted by atomic mass is 9.97. The lowest BCUT2D eigenvalue weighted by molar-refractivity contribution is 0.529. The second-order valence-corrected chi connectivity index (χ2v) is 6.17. The Labute approximate surface area is 130 Å². The van der Waals surface area contributed by atoms with E-state index in [4.69, 9.17) is 0 Å². The standard InChI is InChI=1S/C18H22BrN/c1-3-11-20-18(16-6-4-5-14(2)12-16)13-15-7-9-17(19)10-8-15/h4-10,12,18,20H,3,11,13H2,1-2H3. The van der Waals surface area contributed by atoms with Gasteiger partial charge in [0.05, 0.1) is 0 Å². The maximum absolute atomic E-state index is 3.66. The molecule has 0 saturated carbocycles. The minimum Gasteiger partial charge on any atom is -0.310 e. The maximum atomic E-state index is 3.66. The molecular formula is C18H22BrN. The molecule has 1 nitrogen and oxygen atoms in total. The van der Waals surface area contributed by atoms with Gasteiger partial charge < -0.3 is 5.32 Å².